The van der Waals surface area contributed by atoms with E-state index < -0.39 is 0 Å². The summed E-state index contributed by atoms with van der Waals surface area (Å²) in [5.74, 6) is 0. The van der Waals surface area contributed by atoms with Crippen LogP contribution in [-0.4, -0.2) is 17.1 Å². The van der Waals surface area contributed by atoms with Gasteiger partial charge in [0.2, 0.25) is 0 Å². The van der Waals surface area contributed by atoms with Gasteiger partial charge in [0.05, 0.1) is 0 Å². The number of fused-ring (bicyclic) bond motifs is 1. The van der Waals surface area contributed by atoms with E-state index in [2.05, 4.69) is 17.4 Å². The Morgan fingerprint density at radius 2 is 2.17 bits per heavy atom. The maximum Gasteiger partial charge on any atom is 0.173 e. The van der Waals surface area contributed by atoms with Gasteiger partial charge in [-0.15, -0.1) is 0 Å². The molecule has 0 atom stereocenters. The first-order chi connectivity index (χ1) is 5.77. The fraction of sp³-hybridized carbons (Fsp3) is 0.222. The Labute approximate surface area is 77.2 Å². The van der Waals surface area contributed by atoms with E-state index in [1.165, 1.54) is 5.56 Å². The van der Waals surface area contributed by atoms with Crippen LogP contribution in [0, 0.1) is 0 Å². The lowest BCUT2D eigenvalue weighted by Crippen LogP contribution is -2.35. The van der Waals surface area contributed by atoms with Gasteiger partial charge in [-0.25, -0.2) is 0 Å². The van der Waals surface area contributed by atoms with Crippen LogP contribution in [0.25, 0.3) is 0 Å². The number of para-hydroxylation sites is 1. The van der Waals surface area contributed by atoms with Gasteiger partial charge in [-0.1, -0.05) is 18.2 Å². The van der Waals surface area contributed by atoms with Crippen LogP contribution < -0.4 is 5.32 Å². The van der Waals surface area contributed by atoms with Crippen LogP contribution in [0.15, 0.2) is 24.3 Å². The van der Waals surface area contributed by atoms with Crippen molar-refractivity contribution in [2.75, 3.05) is 12.4 Å². The van der Waals surface area contributed by atoms with Gasteiger partial charge in [0.25, 0.3) is 0 Å². The minimum atomic E-state index is 0.800. The molecule has 1 heterocycles. The molecule has 1 aromatic rings. The zero-order valence-corrected chi connectivity index (χ0v) is 7.69. The lowest BCUT2D eigenvalue weighted by molar-refractivity contribution is 0.501. The largest absolute Gasteiger partial charge is 0.348 e. The molecule has 1 N–H and O–H groups in total. The third kappa shape index (κ3) is 1.16. The fourth-order valence-corrected chi connectivity index (χ4v) is 1.49. The van der Waals surface area contributed by atoms with Crippen molar-refractivity contribution in [2.24, 2.45) is 0 Å². The van der Waals surface area contributed by atoms with Crippen molar-refractivity contribution in [1.82, 2.24) is 4.90 Å². The van der Waals surface area contributed by atoms with Crippen molar-refractivity contribution in [3.63, 3.8) is 0 Å². The average molecular weight is 178 g/mol. The first kappa shape index (κ1) is 7.55. The number of hydrogen-bond acceptors (Lipinski definition) is 1. The number of thiocarbonyl (C=S) groups is 1. The summed E-state index contributed by atoms with van der Waals surface area (Å²) in [5.41, 5.74) is 2.44. The van der Waals surface area contributed by atoms with E-state index in [1.807, 2.05) is 24.1 Å². The maximum atomic E-state index is 5.12. The Morgan fingerprint density at radius 3 is 3.00 bits per heavy atom. The summed E-state index contributed by atoms with van der Waals surface area (Å²) >= 11 is 5.12. The molecular formula is C9H10N2S. The summed E-state index contributed by atoms with van der Waals surface area (Å²) in [5, 5.41) is 3.97. The molecule has 0 bridgehead atoms. The zero-order chi connectivity index (χ0) is 8.55. The number of anilines is 1. The predicted molar refractivity (Wildman–Crippen MR) is 54.1 cm³/mol. The second-order valence-corrected chi connectivity index (χ2v) is 3.33. The molecule has 12 heavy (non-hydrogen) atoms. The first-order valence-corrected chi connectivity index (χ1v) is 4.28. The Bertz CT molecular complexity index is 322. The lowest BCUT2D eigenvalue weighted by Gasteiger charge is -2.28. The Hall–Kier alpha value is -1.09. The Balaban J connectivity index is 2.40. The number of nitrogens with one attached hydrogen (secondary N) is 1. The Kier molecular flexibility index (Phi) is 1.73. The van der Waals surface area contributed by atoms with Crippen LogP contribution in [0.5, 0.6) is 0 Å². The van der Waals surface area contributed by atoms with E-state index in [0.717, 1.165) is 17.3 Å². The summed E-state index contributed by atoms with van der Waals surface area (Å²) in [7, 11) is 1.99. The van der Waals surface area contributed by atoms with Crippen LogP contribution in [-0.2, 0) is 6.54 Å². The van der Waals surface area contributed by atoms with Crippen LogP contribution >= 0.6 is 12.2 Å². The van der Waals surface area contributed by atoms with Crippen molar-refractivity contribution in [3.05, 3.63) is 29.8 Å². The van der Waals surface area contributed by atoms with E-state index in [-0.39, 0.29) is 0 Å². The van der Waals surface area contributed by atoms with Gasteiger partial charge in [-0.05, 0) is 23.8 Å². The molecule has 0 aromatic heterocycles. The van der Waals surface area contributed by atoms with Gasteiger partial charge in [0, 0.05) is 19.3 Å². The molecule has 0 fully saturated rings. The molecule has 0 saturated carbocycles. The van der Waals surface area contributed by atoms with Crippen molar-refractivity contribution >= 4 is 23.0 Å². The molecule has 1 aromatic carbocycles. The van der Waals surface area contributed by atoms with Crippen LogP contribution in [0.4, 0.5) is 5.69 Å². The topological polar surface area (TPSA) is 15.3 Å². The average Bonchev–Trinajstić information content (AvgIpc) is 2.07. The SMILES string of the molecule is CN1Cc2ccccc2NC1=S. The molecule has 1 aliphatic rings. The minimum Gasteiger partial charge on any atom is -0.348 e. The number of nitrogens with zero attached hydrogens (tertiary/aromatic N) is 1. The van der Waals surface area contributed by atoms with E-state index >= 15 is 0 Å². The lowest BCUT2D eigenvalue weighted by atomic mass is 10.1. The van der Waals surface area contributed by atoms with E-state index in [0.29, 0.717) is 0 Å². The minimum absolute atomic E-state index is 0.800. The second kappa shape index (κ2) is 2.75. The molecule has 0 spiro atoms. The standard InChI is InChI=1S/C9H10N2S/c1-11-6-7-4-2-3-5-8(7)10-9(11)12/h2-5H,6H2,1H3,(H,10,12). The van der Waals surface area contributed by atoms with Gasteiger partial charge in [0.1, 0.15) is 0 Å². The van der Waals surface area contributed by atoms with Crippen molar-refractivity contribution in [1.29, 1.82) is 0 Å². The molecule has 0 saturated heterocycles. The highest BCUT2D eigenvalue weighted by Crippen LogP contribution is 2.21. The molecule has 2 nitrogen and oxygen atoms in total. The normalized spacial score (nSPS) is 15.4. The quantitative estimate of drug-likeness (QED) is 0.610. The molecule has 0 radical (unpaired) electrons. The van der Waals surface area contributed by atoms with Gasteiger partial charge < -0.3 is 10.2 Å². The summed E-state index contributed by atoms with van der Waals surface area (Å²) in [6, 6.07) is 8.22. The molecule has 0 aliphatic carbocycles. The number of benzene rings is 1. The maximum absolute atomic E-state index is 5.12. The highest BCUT2D eigenvalue weighted by Gasteiger charge is 2.14. The summed E-state index contributed by atoms with van der Waals surface area (Å²) in [6.45, 7) is 0.905. The van der Waals surface area contributed by atoms with Gasteiger partial charge in [0.15, 0.2) is 5.11 Å². The number of hydrogen-bond donors (Lipinski definition) is 1. The first-order valence-electron chi connectivity index (χ1n) is 3.87. The molecule has 62 valence electrons. The van der Waals surface area contributed by atoms with Crippen molar-refractivity contribution in [3.8, 4) is 0 Å². The summed E-state index contributed by atoms with van der Waals surface area (Å²) in [6.07, 6.45) is 0. The van der Waals surface area contributed by atoms with Crippen LogP contribution in [0.3, 0.4) is 0 Å². The molecular weight excluding hydrogens is 168 g/mol. The van der Waals surface area contributed by atoms with Crippen LogP contribution in [0.2, 0.25) is 0 Å². The smallest absolute Gasteiger partial charge is 0.173 e. The Morgan fingerprint density at radius 1 is 1.42 bits per heavy atom. The van der Waals surface area contributed by atoms with E-state index in [1.54, 1.807) is 0 Å². The van der Waals surface area contributed by atoms with Crippen molar-refractivity contribution in [2.45, 2.75) is 6.54 Å². The van der Waals surface area contributed by atoms with Gasteiger partial charge >= 0.3 is 0 Å². The molecule has 1 aliphatic heterocycles. The summed E-state index contributed by atoms with van der Waals surface area (Å²) < 4.78 is 0. The third-order valence-corrected chi connectivity index (χ3v) is 2.43. The molecule has 0 unspecified atom stereocenters. The predicted octanol–water partition coefficient (Wildman–Crippen LogP) is 1.83. The summed E-state index contributed by atoms with van der Waals surface area (Å²) in [4.78, 5) is 2.03. The zero-order valence-electron chi connectivity index (χ0n) is 6.87. The fourth-order valence-electron chi connectivity index (χ4n) is 1.32. The van der Waals surface area contributed by atoms with E-state index in [9.17, 15) is 0 Å². The van der Waals surface area contributed by atoms with Gasteiger partial charge in [-0.2, -0.15) is 0 Å². The van der Waals surface area contributed by atoms with Crippen LogP contribution in [0.1, 0.15) is 5.56 Å². The highest BCUT2D eigenvalue weighted by molar-refractivity contribution is 7.80. The van der Waals surface area contributed by atoms with E-state index in [4.69, 9.17) is 12.2 Å². The molecule has 0 amide bonds. The monoisotopic (exact) mass is 178 g/mol. The number of rotatable bonds is 0. The van der Waals surface area contributed by atoms with Gasteiger partial charge in [-0.3, -0.25) is 0 Å². The second-order valence-electron chi connectivity index (χ2n) is 2.94. The highest BCUT2D eigenvalue weighted by atomic mass is 32.1. The van der Waals surface area contributed by atoms with Crippen molar-refractivity contribution < 1.29 is 0 Å². The molecule has 3 heteroatoms. The third-order valence-electron chi connectivity index (χ3n) is 2.01. The molecule has 2 rings (SSSR count).